The average Bonchev–Trinajstić information content (AvgIpc) is 2.50. The third-order valence-corrected chi connectivity index (χ3v) is 4.81. The van der Waals surface area contributed by atoms with Crippen LogP contribution in [0, 0.1) is 5.82 Å². The fourth-order valence-corrected chi connectivity index (χ4v) is 3.52. The van der Waals surface area contributed by atoms with Gasteiger partial charge in [-0.05, 0) is 23.8 Å². The number of hydrogen-bond donors (Lipinski definition) is 0. The van der Waals surface area contributed by atoms with E-state index < -0.39 is 11.7 Å². The first-order valence-corrected chi connectivity index (χ1v) is 8.12. The Morgan fingerprint density at radius 3 is 2.54 bits per heavy atom. The van der Waals surface area contributed by atoms with Gasteiger partial charge in [-0.25, -0.2) is 4.39 Å². The van der Waals surface area contributed by atoms with Crippen molar-refractivity contribution in [3.05, 3.63) is 63.4 Å². The molecule has 2 aromatic carbocycles. The van der Waals surface area contributed by atoms with Crippen LogP contribution in [-0.4, -0.2) is 18.6 Å². The van der Waals surface area contributed by atoms with Crippen molar-refractivity contribution in [2.75, 3.05) is 18.6 Å². The molecule has 0 unspecified atom stereocenters. The zero-order valence-electron chi connectivity index (χ0n) is 12.9. The Hall–Kier alpha value is -1.60. The topological polar surface area (TPSA) is 6.48 Å². The van der Waals surface area contributed by atoms with Crippen LogP contribution in [0.2, 0.25) is 0 Å². The van der Waals surface area contributed by atoms with Crippen LogP contribution in [0.25, 0.3) is 0 Å². The van der Waals surface area contributed by atoms with E-state index in [0.29, 0.717) is 18.9 Å². The highest BCUT2D eigenvalue weighted by molar-refractivity contribution is 9.10. The van der Waals surface area contributed by atoms with Gasteiger partial charge in [-0.3, -0.25) is 4.90 Å². The second-order valence-corrected chi connectivity index (χ2v) is 6.69. The predicted octanol–water partition coefficient (Wildman–Crippen LogP) is 5.02. The van der Waals surface area contributed by atoms with Gasteiger partial charge in [-0.1, -0.05) is 34.1 Å². The van der Waals surface area contributed by atoms with Crippen molar-refractivity contribution in [2.24, 2.45) is 0 Å². The molecule has 0 saturated heterocycles. The summed E-state index contributed by atoms with van der Waals surface area (Å²) < 4.78 is 54.2. The summed E-state index contributed by atoms with van der Waals surface area (Å²) in [6.45, 7) is 0.874. The molecule has 7 heteroatoms. The molecular formula is C17H15BrF4N2. The maximum Gasteiger partial charge on any atom is 0.416 e. The van der Waals surface area contributed by atoms with Crippen LogP contribution in [0.3, 0.4) is 0 Å². The molecule has 0 aliphatic carbocycles. The number of alkyl halides is 3. The zero-order valence-corrected chi connectivity index (χ0v) is 14.5. The van der Waals surface area contributed by atoms with Crippen molar-refractivity contribution in [1.82, 2.24) is 4.90 Å². The standard InChI is InChI=1S/C17H15BrF4N2/c1-23-10-24(9-12-14(18)6-7-15(19)16(12)23)8-11-4-2-3-5-13(11)17(20,21)22/h2-7H,8-10H2,1H3. The molecule has 0 radical (unpaired) electrons. The third-order valence-electron chi connectivity index (χ3n) is 4.07. The molecule has 2 aromatic rings. The first kappa shape index (κ1) is 17.2. The van der Waals surface area contributed by atoms with Crippen LogP contribution in [0.5, 0.6) is 0 Å². The average molecular weight is 403 g/mol. The van der Waals surface area contributed by atoms with E-state index in [-0.39, 0.29) is 17.9 Å². The van der Waals surface area contributed by atoms with Gasteiger partial charge in [-0.2, -0.15) is 13.2 Å². The highest BCUT2D eigenvalue weighted by Gasteiger charge is 2.34. The lowest BCUT2D eigenvalue weighted by Crippen LogP contribution is -2.40. The van der Waals surface area contributed by atoms with Crippen LogP contribution in [0.1, 0.15) is 16.7 Å². The third kappa shape index (κ3) is 3.28. The van der Waals surface area contributed by atoms with Gasteiger partial charge < -0.3 is 4.90 Å². The predicted molar refractivity (Wildman–Crippen MR) is 88.1 cm³/mol. The first-order valence-electron chi connectivity index (χ1n) is 7.33. The van der Waals surface area contributed by atoms with Gasteiger partial charge in [0.2, 0.25) is 0 Å². The highest BCUT2D eigenvalue weighted by atomic mass is 79.9. The van der Waals surface area contributed by atoms with E-state index in [9.17, 15) is 17.6 Å². The Balaban J connectivity index is 1.90. The molecule has 0 fully saturated rings. The Morgan fingerprint density at radius 2 is 1.83 bits per heavy atom. The Labute approximate surface area is 145 Å². The van der Waals surface area contributed by atoms with Crippen LogP contribution in [0.15, 0.2) is 40.9 Å². The monoisotopic (exact) mass is 402 g/mol. The molecule has 0 bridgehead atoms. The van der Waals surface area contributed by atoms with Crippen molar-refractivity contribution < 1.29 is 17.6 Å². The van der Waals surface area contributed by atoms with E-state index in [0.717, 1.165) is 16.1 Å². The van der Waals surface area contributed by atoms with Crippen LogP contribution < -0.4 is 4.90 Å². The van der Waals surface area contributed by atoms with Crippen LogP contribution >= 0.6 is 15.9 Å². The number of hydrogen-bond acceptors (Lipinski definition) is 2. The lowest BCUT2D eigenvalue weighted by atomic mass is 10.0. The largest absolute Gasteiger partial charge is 0.416 e. The molecule has 1 aliphatic heterocycles. The maximum atomic E-state index is 14.0. The highest BCUT2D eigenvalue weighted by Crippen LogP contribution is 2.36. The molecule has 0 atom stereocenters. The first-order chi connectivity index (χ1) is 11.3. The fraction of sp³-hybridized carbons (Fsp3) is 0.294. The minimum absolute atomic E-state index is 0.141. The number of nitrogens with zero attached hydrogens (tertiary/aromatic N) is 2. The summed E-state index contributed by atoms with van der Waals surface area (Å²) in [5.41, 5.74) is 0.823. The maximum absolute atomic E-state index is 14.0. The van der Waals surface area contributed by atoms with Crippen molar-refractivity contribution in [1.29, 1.82) is 0 Å². The van der Waals surface area contributed by atoms with E-state index in [4.69, 9.17) is 0 Å². The molecule has 0 amide bonds. The summed E-state index contributed by atoms with van der Waals surface area (Å²) in [5, 5.41) is 0. The number of benzene rings is 2. The normalized spacial score (nSPS) is 15.5. The molecule has 0 N–H and O–H groups in total. The van der Waals surface area contributed by atoms with E-state index in [1.54, 1.807) is 24.1 Å². The molecule has 1 aliphatic rings. The van der Waals surface area contributed by atoms with Crippen molar-refractivity contribution in [2.45, 2.75) is 19.3 Å². The molecule has 0 saturated carbocycles. The Bertz CT molecular complexity index is 761. The molecule has 0 spiro atoms. The van der Waals surface area contributed by atoms with E-state index >= 15 is 0 Å². The van der Waals surface area contributed by atoms with Gasteiger partial charge in [0.1, 0.15) is 5.82 Å². The fourth-order valence-electron chi connectivity index (χ4n) is 3.07. The number of halogens is 5. The van der Waals surface area contributed by atoms with Crippen LogP contribution in [0.4, 0.5) is 23.2 Å². The van der Waals surface area contributed by atoms with Gasteiger partial charge in [0.05, 0.1) is 17.9 Å². The Morgan fingerprint density at radius 1 is 1.12 bits per heavy atom. The van der Waals surface area contributed by atoms with Crippen molar-refractivity contribution in [3.63, 3.8) is 0 Å². The van der Waals surface area contributed by atoms with Crippen molar-refractivity contribution >= 4 is 21.6 Å². The second-order valence-electron chi connectivity index (χ2n) is 5.84. The van der Waals surface area contributed by atoms with Crippen LogP contribution in [-0.2, 0) is 19.3 Å². The van der Waals surface area contributed by atoms with Gasteiger partial charge in [0.15, 0.2) is 0 Å². The summed E-state index contributed by atoms with van der Waals surface area (Å²) in [7, 11) is 1.73. The second kappa shape index (κ2) is 6.37. The Kier molecular flexibility index (Phi) is 4.57. The SMILES string of the molecule is CN1CN(Cc2ccccc2C(F)(F)F)Cc2c(Br)ccc(F)c21. The number of anilines is 1. The summed E-state index contributed by atoms with van der Waals surface area (Å²) in [4.78, 5) is 3.58. The molecular weight excluding hydrogens is 388 g/mol. The summed E-state index contributed by atoms with van der Waals surface area (Å²) in [6, 6.07) is 8.56. The minimum atomic E-state index is -4.39. The van der Waals surface area contributed by atoms with Gasteiger partial charge in [0, 0.05) is 30.2 Å². The van der Waals surface area contributed by atoms with E-state index in [1.165, 1.54) is 18.2 Å². The van der Waals surface area contributed by atoms with E-state index in [1.807, 2.05) is 4.90 Å². The molecule has 3 rings (SSSR count). The molecule has 2 nitrogen and oxygen atoms in total. The molecule has 128 valence electrons. The van der Waals surface area contributed by atoms with Gasteiger partial charge in [0.25, 0.3) is 0 Å². The molecule has 1 heterocycles. The number of fused-ring (bicyclic) bond motifs is 1. The number of rotatable bonds is 2. The molecule has 24 heavy (non-hydrogen) atoms. The van der Waals surface area contributed by atoms with Gasteiger partial charge in [-0.15, -0.1) is 0 Å². The lowest BCUT2D eigenvalue weighted by molar-refractivity contribution is -0.138. The van der Waals surface area contributed by atoms with E-state index in [2.05, 4.69) is 15.9 Å². The summed E-state index contributed by atoms with van der Waals surface area (Å²) >= 11 is 3.40. The lowest BCUT2D eigenvalue weighted by Gasteiger charge is -2.37. The van der Waals surface area contributed by atoms with Gasteiger partial charge >= 0.3 is 6.18 Å². The smallest absolute Gasteiger partial charge is 0.359 e. The summed E-state index contributed by atoms with van der Waals surface area (Å²) in [6.07, 6.45) is -4.39. The quantitative estimate of drug-likeness (QED) is 0.651. The minimum Gasteiger partial charge on any atom is -0.359 e. The molecule has 0 aromatic heterocycles. The van der Waals surface area contributed by atoms with Crippen molar-refractivity contribution in [3.8, 4) is 0 Å². The zero-order chi connectivity index (χ0) is 17.5. The summed E-state index contributed by atoms with van der Waals surface area (Å²) in [5.74, 6) is -0.328.